The number of aromatic nitrogens is 7. The monoisotopic (exact) mass is 1650 g/mol. The predicted molar refractivity (Wildman–Crippen MR) is 447 cm³/mol. The lowest BCUT2D eigenvalue weighted by Gasteiger charge is -2.32. The van der Waals surface area contributed by atoms with Gasteiger partial charge in [-0.15, -0.1) is 0 Å². The standard InChI is InChI=1S/C31H25F3N4O3.C30H26F3N5O2.C30H23F3N4O3/c32-31(33,34)24-17-22(4-6-26(24)37-11-9-35-10-12-37)38-29(39)8-3-21-18-36-25-5-1-19(15-23(25)30(21)38)20-2-7-27-28(16-20)41-14-13-40-27;1-18-3-7-22(29(36-18)40-2)19-4-8-25-23(15-19)28-20(17-35-25)5-10-27(39)38(28)21-6-9-26(24(16-21)30(31,32)33)37-13-11-34-12-14-37;31-30(32,33)23-15-21(4-6-25(23)36-11-9-34-10-12-36)37-28(38)8-3-20-16-35-24-5-1-18(13-22(24)29(20)37)19-2-7-26-27(14-19)40-17-39-26/h1-8,15-18,35H,9-14H2;3-10,15-17,34H,11-14H2,1-2H3;1-8,13-16,34H,9-12,17H2. The van der Waals surface area contributed by atoms with E-state index in [2.05, 4.69) is 35.9 Å². The summed E-state index contributed by atoms with van der Waals surface area (Å²) in [6.45, 7) is 9.39. The van der Waals surface area contributed by atoms with Crippen molar-refractivity contribution in [3.05, 3.63) is 266 Å². The highest BCUT2D eigenvalue weighted by Crippen LogP contribution is 2.45. The van der Waals surface area contributed by atoms with Crippen LogP contribution >= 0.6 is 0 Å². The van der Waals surface area contributed by atoms with Gasteiger partial charge in [-0.3, -0.25) is 43.0 Å². The Morgan fingerprint density at radius 3 is 1.09 bits per heavy atom. The molecule has 0 amide bonds. The summed E-state index contributed by atoms with van der Waals surface area (Å²) in [6, 6.07) is 53.3. The number of methoxy groups -OCH3 is 1. The number of ether oxygens (including phenoxy) is 5. The molecule has 5 aliphatic rings. The van der Waals surface area contributed by atoms with Crippen LogP contribution in [0.15, 0.2) is 227 Å². The van der Waals surface area contributed by atoms with Gasteiger partial charge in [-0.25, -0.2) is 4.98 Å². The molecule has 7 aromatic heterocycles. The second kappa shape index (κ2) is 31.9. The highest BCUT2D eigenvalue weighted by molar-refractivity contribution is 6.08. The zero-order valence-corrected chi connectivity index (χ0v) is 65.0. The van der Waals surface area contributed by atoms with Gasteiger partial charge in [0.2, 0.25) is 12.7 Å². The number of nitrogens with one attached hydrogen (secondary N) is 3. The predicted octanol–water partition coefficient (Wildman–Crippen LogP) is 16.1. The summed E-state index contributed by atoms with van der Waals surface area (Å²) in [5, 5.41) is 13.3. The Kier molecular flexibility index (Phi) is 20.7. The number of pyridine rings is 7. The third kappa shape index (κ3) is 15.4. The van der Waals surface area contributed by atoms with Gasteiger partial charge in [-0.2, -0.15) is 39.5 Å². The minimum absolute atomic E-state index is 0.110. The van der Waals surface area contributed by atoms with Gasteiger partial charge in [0.1, 0.15) is 13.2 Å². The van der Waals surface area contributed by atoms with Crippen LogP contribution in [0.2, 0.25) is 0 Å². The third-order valence-corrected chi connectivity index (χ3v) is 22.2. The molecule has 15 aromatic rings. The topological polar surface area (TPSA) is 210 Å². The van der Waals surface area contributed by atoms with E-state index < -0.39 is 51.9 Å². The van der Waals surface area contributed by atoms with Crippen molar-refractivity contribution < 1.29 is 63.2 Å². The lowest BCUT2D eigenvalue weighted by molar-refractivity contribution is -0.138. The Morgan fingerprint density at radius 1 is 0.364 bits per heavy atom. The van der Waals surface area contributed by atoms with Gasteiger partial charge >= 0.3 is 18.5 Å². The van der Waals surface area contributed by atoms with Crippen LogP contribution in [0.3, 0.4) is 0 Å². The molecule has 0 bridgehead atoms. The summed E-state index contributed by atoms with van der Waals surface area (Å²) in [5.74, 6) is 3.06. The van der Waals surface area contributed by atoms with E-state index in [1.165, 1.54) is 50.1 Å². The van der Waals surface area contributed by atoms with E-state index >= 15 is 0 Å². The van der Waals surface area contributed by atoms with Crippen molar-refractivity contribution >= 4 is 82.5 Å². The lowest BCUT2D eigenvalue weighted by atomic mass is 10.0. The Labute approximate surface area is 683 Å². The number of alkyl halides is 9. The van der Waals surface area contributed by atoms with Crippen molar-refractivity contribution in [3.8, 4) is 79.3 Å². The molecule has 0 aliphatic carbocycles. The van der Waals surface area contributed by atoms with Crippen molar-refractivity contribution in [1.29, 1.82) is 0 Å². The van der Waals surface area contributed by atoms with Gasteiger partial charge < -0.3 is 54.3 Å². The fraction of sp³-hybridized carbons (Fsp3) is 0.220. The average molecular weight is 1650 g/mol. The molecule has 21 nitrogen and oxygen atoms in total. The first-order valence-corrected chi connectivity index (χ1v) is 39.2. The van der Waals surface area contributed by atoms with Gasteiger partial charge in [0, 0.05) is 176 Å². The fourth-order valence-electron chi connectivity index (χ4n) is 16.5. The minimum atomic E-state index is -4.60. The van der Waals surface area contributed by atoms with Crippen molar-refractivity contribution in [1.82, 2.24) is 49.6 Å². The molecule has 12 heterocycles. The molecule has 3 N–H and O–H groups in total. The highest BCUT2D eigenvalue weighted by Gasteiger charge is 2.39. The first-order valence-electron chi connectivity index (χ1n) is 39.2. The van der Waals surface area contributed by atoms with Crippen molar-refractivity contribution in [2.75, 3.05) is 120 Å². The van der Waals surface area contributed by atoms with E-state index in [-0.39, 0.29) is 40.9 Å². The summed E-state index contributed by atoms with van der Waals surface area (Å²) in [6.07, 6.45) is -8.90. The van der Waals surface area contributed by atoms with E-state index in [1.807, 2.05) is 110 Å². The second-order valence-corrected chi connectivity index (χ2v) is 29.6. The number of benzene rings is 8. The highest BCUT2D eigenvalue weighted by atomic mass is 19.4. The number of aryl methyl sites for hydroxylation is 1. The number of halogens is 9. The molecule has 3 saturated heterocycles. The lowest BCUT2D eigenvalue weighted by Crippen LogP contribution is -2.44. The Morgan fingerprint density at radius 2 is 0.702 bits per heavy atom. The first-order chi connectivity index (χ1) is 58.5. The molecule has 0 radical (unpaired) electrons. The number of anilines is 3. The zero-order chi connectivity index (χ0) is 83.6. The third-order valence-electron chi connectivity index (χ3n) is 22.2. The summed E-state index contributed by atoms with van der Waals surface area (Å²) >= 11 is 0. The van der Waals surface area contributed by atoms with Gasteiger partial charge in [-0.05, 0) is 180 Å². The van der Waals surface area contributed by atoms with Gasteiger partial charge in [-0.1, -0.05) is 30.3 Å². The van der Waals surface area contributed by atoms with Crippen LogP contribution in [0.4, 0.5) is 56.6 Å². The number of nitrogens with zero attached hydrogens (tertiary/aromatic N) is 10. The van der Waals surface area contributed by atoms with E-state index in [9.17, 15) is 53.9 Å². The summed E-state index contributed by atoms with van der Waals surface area (Å²) in [5.41, 5.74) is 6.17. The van der Waals surface area contributed by atoms with Crippen molar-refractivity contribution in [3.63, 3.8) is 0 Å². The second-order valence-electron chi connectivity index (χ2n) is 29.6. The fourth-order valence-corrected chi connectivity index (χ4v) is 16.5. The summed E-state index contributed by atoms with van der Waals surface area (Å²) < 4.78 is 161. The maximum atomic E-state index is 14.4. The molecule has 5 aliphatic heterocycles. The van der Waals surface area contributed by atoms with Crippen LogP contribution in [0.1, 0.15) is 22.4 Å². The summed E-state index contributed by atoms with van der Waals surface area (Å²) in [7, 11) is 1.54. The molecule has 0 saturated carbocycles. The molecule has 8 aromatic carbocycles. The molecule has 0 spiro atoms. The Balaban J connectivity index is 0.000000124. The Bertz CT molecular complexity index is 6800. The number of piperazine rings is 3. The SMILES string of the molecule is COc1nc(C)ccc1-c1ccc2ncc3ccc(=O)n(-c4ccc(N5CCNCC5)c(C(F)(F)F)c4)c3c2c1.O=c1ccc2cnc3ccc(-c4ccc5c(c4)OCCO5)cc3c2n1-c1ccc(N2CCNCC2)c(C(F)(F)F)c1.O=c1ccc2cnc3ccc(-c4ccc5c(c4)OCO5)cc3c2n1-c1ccc(N2CCNCC2)c(C(F)(F)F)c1. The van der Waals surface area contributed by atoms with Gasteiger partial charge in [0.05, 0.1) is 74.0 Å². The number of hydrogen-bond acceptors (Lipinski definition) is 18. The van der Waals surface area contributed by atoms with Crippen LogP contribution in [0.5, 0.6) is 28.9 Å². The molecule has 30 heteroatoms. The van der Waals surface area contributed by atoms with E-state index in [0.717, 1.165) is 57.3 Å². The van der Waals surface area contributed by atoms with Crippen LogP contribution in [-0.2, 0) is 18.5 Å². The largest absolute Gasteiger partial charge is 0.486 e. The van der Waals surface area contributed by atoms with Crippen LogP contribution in [-0.4, -0.2) is 139 Å². The molecular formula is C91H74F9N13O8. The van der Waals surface area contributed by atoms with Crippen molar-refractivity contribution in [2.24, 2.45) is 0 Å². The molecule has 121 heavy (non-hydrogen) atoms. The van der Waals surface area contributed by atoms with Gasteiger partial charge in [0.25, 0.3) is 16.7 Å². The molecular weight excluding hydrogens is 1570 g/mol. The van der Waals surface area contributed by atoms with Crippen LogP contribution in [0.25, 0.3) is 116 Å². The molecule has 20 rings (SSSR count). The number of fused-ring (bicyclic) bond motifs is 11. The number of hydrogen-bond donors (Lipinski definition) is 3. The average Bonchev–Trinajstić information content (AvgIpc) is 1.42. The van der Waals surface area contributed by atoms with E-state index in [4.69, 9.17) is 23.7 Å². The number of rotatable bonds is 10. The first kappa shape index (κ1) is 78.6. The maximum absolute atomic E-state index is 14.4. The molecule has 3 fully saturated rings. The molecule has 0 atom stereocenters. The molecule has 0 unspecified atom stereocenters. The molecule has 614 valence electrons. The van der Waals surface area contributed by atoms with E-state index in [0.29, 0.717) is 186 Å². The maximum Gasteiger partial charge on any atom is 0.418 e. The quantitative estimate of drug-likeness (QED) is 0.0859. The van der Waals surface area contributed by atoms with E-state index in [1.54, 1.807) is 76.8 Å². The minimum Gasteiger partial charge on any atom is -0.486 e. The smallest absolute Gasteiger partial charge is 0.418 e. The normalized spacial score (nSPS) is 15.0. The van der Waals surface area contributed by atoms with Crippen LogP contribution < -0.4 is 71.0 Å². The van der Waals surface area contributed by atoms with Gasteiger partial charge in [0.15, 0.2) is 23.0 Å². The zero-order valence-electron chi connectivity index (χ0n) is 65.0. The summed E-state index contributed by atoms with van der Waals surface area (Å²) in [4.78, 5) is 63.3. The van der Waals surface area contributed by atoms with Crippen molar-refractivity contribution in [2.45, 2.75) is 25.5 Å². The van der Waals surface area contributed by atoms with Crippen LogP contribution in [0, 0.1) is 6.92 Å². The Hall–Kier alpha value is -13.6.